The van der Waals surface area contributed by atoms with E-state index < -0.39 is 37.1 Å². The van der Waals surface area contributed by atoms with Gasteiger partial charge in [0, 0.05) is 0 Å². The molecule has 0 bridgehead atoms. The molecular weight excluding hydrogens is 553 g/mol. The molecule has 0 amide bonds. The van der Waals surface area contributed by atoms with Crippen molar-refractivity contribution in [1.82, 2.24) is 0 Å². The Morgan fingerprint density at radius 2 is 1.18 bits per heavy atom. The van der Waals surface area contributed by atoms with Crippen LogP contribution in [0.1, 0.15) is 25.0 Å². The number of hydrogen-bond acceptors (Lipinski definition) is 6. The van der Waals surface area contributed by atoms with Crippen LogP contribution in [0.4, 0.5) is 0 Å². The van der Waals surface area contributed by atoms with E-state index in [1.54, 1.807) is 13.0 Å². The number of carbonyl (C=O) groups excluding carboxylic acids is 2. The fraction of sp³-hybridized carbons (Fsp3) is 0.419. The standard InChI is InChI=1S/C31H46O6Si3/c1-10-34-30(32)29(22-21-28(26-17-13-11-14-18-26)27-19-15-12-16-20-27)31(33)35-23-25(2)24-40(9,36-38(3,4)5)37-39(6,7)8/h11-22,25H,10,23-24H2,1-9H3/b29-22-. The molecule has 0 saturated carbocycles. The summed E-state index contributed by atoms with van der Waals surface area (Å²) in [5, 5.41) is 0. The summed E-state index contributed by atoms with van der Waals surface area (Å²) in [6.45, 7) is 19.1. The molecule has 0 aliphatic rings. The van der Waals surface area contributed by atoms with Gasteiger partial charge in [0.2, 0.25) is 0 Å². The van der Waals surface area contributed by atoms with Gasteiger partial charge in [-0.1, -0.05) is 73.7 Å². The van der Waals surface area contributed by atoms with Crippen LogP contribution in [0.2, 0.25) is 51.9 Å². The normalized spacial score (nSPS) is 13.4. The first-order valence-electron chi connectivity index (χ1n) is 13.9. The van der Waals surface area contributed by atoms with Gasteiger partial charge in [0.25, 0.3) is 0 Å². The summed E-state index contributed by atoms with van der Waals surface area (Å²) in [6.07, 6.45) is 3.27. The van der Waals surface area contributed by atoms with Crippen molar-refractivity contribution in [3.8, 4) is 0 Å². The van der Waals surface area contributed by atoms with Crippen molar-refractivity contribution >= 4 is 42.7 Å². The number of esters is 2. The number of rotatable bonds is 14. The molecule has 0 fully saturated rings. The number of ether oxygens (including phenoxy) is 2. The summed E-state index contributed by atoms with van der Waals surface area (Å²) in [6, 6.07) is 20.3. The van der Waals surface area contributed by atoms with Gasteiger partial charge in [-0.05, 0) is 87.5 Å². The highest BCUT2D eigenvalue weighted by Crippen LogP contribution is 2.28. The van der Waals surface area contributed by atoms with Crippen molar-refractivity contribution in [2.45, 2.75) is 65.7 Å². The van der Waals surface area contributed by atoms with Crippen LogP contribution in [-0.4, -0.2) is 50.3 Å². The highest BCUT2D eigenvalue weighted by molar-refractivity contribution is 6.87. The lowest BCUT2D eigenvalue weighted by molar-refractivity contribution is -0.147. The van der Waals surface area contributed by atoms with Crippen molar-refractivity contribution in [2.75, 3.05) is 13.2 Å². The Morgan fingerprint density at radius 3 is 1.60 bits per heavy atom. The summed E-state index contributed by atoms with van der Waals surface area (Å²) < 4.78 is 24.1. The van der Waals surface area contributed by atoms with Gasteiger partial charge in [-0.15, -0.1) is 0 Å². The number of benzene rings is 2. The first-order chi connectivity index (χ1) is 18.6. The third-order valence-corrected chi connectivity index (χ3v) is 15.4. The van der Waals surface area contributed by atoms with Crippen molar-refractivity contribution < 1.29 is 27.3 Å². The van der Waals surface area contributed by atoms with E-state index in [4.69, 9.17) is 17.7 Å². The van der Waals surface area contributed by atoms with Crippen molar-refractivity contribution in [3.63, 3.8) is 0 Å². The monoisotopic (exact) mass is 598 g/mol. The molecule has 218 valence electrons. The highest BCUT2D eigenvalue weighted by Gasteiger charge is 2.41. The Balaban J connectivity index is 2.30. The van der Waals surface area contributed by atoms with E-state index in [0.717, 1.165) is 16.7 Å². The minimum absolute atomic E-state index is 0.00324. The molecule has 0 aliphatic carbocycles. The average molecular weight is 599 g/mol. The molecule has 1 unspecified atom stereocenters. The summed E-state index contributed by atoms with van der Waals surface area (Å²) in [5.41, 5.74) is 2.65. The van der Waals surface area contributed by atoms with Crippen molar-refractivity contribution in [1.29, 1.82) is 0 Å². The summed E-state index contributed by atoms with van der Waals surface area (Å²) >= 11 is 0. The van der Waals surface area contributed by atoms with Crippen LogP contribution in [0.5, 0.6) is 0 Å². The number of hydrogen-bond donors (Lipinski definition) is 0. The molecule has 1 atom stereocenters. The van der Waals surface area contributed by atoms with E-state index in [1.165, 1.54) is 6.08 Å². The molecule has 6 nitrogen and oxygen atoms in total. The Bertz CT molecular complexity index is 1110. The first-order valence-corrected chi connectivity index (χ1v) is 23.2. The quantitative estimate of drug-likeness (QED) is 0.0558. The minimum Gasteiger partial charge on any atom is -0.462 e. The third kappa shape index (κ3) is 11.9. The topological polar surface area (TPSA) is 71.1 Å². The van der Waals surface area contributed by atoms with E-state index in [9.17, 15) is 9.59 Å². The maximum atomic E-state index is 13.2. The Labute approximate surface area is 243 Å². The molecule has 9 heteroatoms. The van der Waals surface area contributed by atoms with Gasteiger partial charge < -0.3 is 17.7 Å². The molecule has 0 radical (unpaired) electrons. The lowest BCUT2D eigenvalue weighted by atomic mass is 9.97. The molecule has 2 rings (SSSR count). The van der Waals surface area contributed by atoms with Gasteiger partial charge in [0.15, 0.2) is 16.6 Å². The molecule has 0 aliphatic heterocycles. The fourth-order valence-electron chi connectivity index (χ4n) is 4.58. The van der Waals surface area contributed by atoms with Gasteiger partial charge in [-0.2, -0.15) is 0 Å². The maximum Gasteiger partial charge on any atom is 0.345 e. The van der Waals surface area contributed by atoms with Gasteiger partial charge in [-0.25, -0.2) is 9.59 Å². The van der Waals surface area contributed by atoms with Gasteiger partial charge in [-0.3, -0.25) is 0 Å². The number of allylic oxidation sites excluding steroid dienone is 2. The molecule has 0 aromatic heterocycles. The molecule has 2 aromatic rings. The Hall–Kier alpha value is -2.57. The van der Waals surface area contributed by atoms with Gasteiger partial charge in [0.1, 0.15) is 5.57 Å². The zero-order valence-electron chi connectivity index (χ0n) is 25.6. The maximum absolute atomic E-state index is 13.2. The lowest BCUT2D eigenvalue weighted by Gasteiger charge is -2.39. The van der Waals surface area contributed by atoms with E-state index >= 15 is 0 Å². The molecular formula is C31H46O6Si3. The van der Waals surface area contributed by atoms with Crippen LogP contribution < -0.4 is 0 Å². The van der Waals surface area contributed by atoms with E-state index in [1.807, 2.05) is 67.6 Å². The van der Waals surface area contributed by atoms with Crippen LogP contribution in [0.25, 0.3) is 5.57 Å². The fourth-order valence-corrected chi connectivity index (χ4v) is 17.5. The lowest BCUT2D eigenvalue weighted by Crippen LogP contribution is -2.53. The highest BCUT2D eigenvalue weighted by atomic mass is 28.5. The second-order valence-electron chi connectivity index (χ2n) is 12.1. The molecule has 0 saturated heterocycles. The van der Waals surface area contributed by atoms with Crippen LogP contribution >= 0.6 is 0 Å². The summed E-state index contributed by atoms with van der Waals surface area (Å²) in [5.74, 6) is -1.42. The largest absolute Gasteiger partial charge is 0.462 e. The predicted octanol–water partition coefficient (Wildman–Crippen LogP) is 7.56. The van der Waals surface area contributed by atoms with E-state index in [-0.39, 0.29) is 24.7 Å². The predicted molar refractivity (Wildman–Crippen MR) is 170 cm³/mol. The van der Waals surface area contributed by atoms with Crippen LogP contribution in [0.3, 0.4) is 0 Å². The smallest absolute Gasteiger partial charge is 0.345 e. The summed E-state index contributed by atoms with van der Waals surface area (Å²) in [4.78, 5) is 26.0. The minimum atomic E-state index is -2.51. The van der Waals surface area contributed by atoms with E-state index in [0.29, 0.717) is 6.04 Å². The van der Waals surface area contributed by atoms with E-state index in [2.05, 4.69) is 45.8 Å². The van der Waals surface area contributed by atoms with Crippen LogP contribution in [0.15, 0.2) is 78.4 Å². The van der Waals surface area contributed by atoms with Gasteiger partial charge >= 0.3 is 20.5 Å². The second-order valence-corrected chi connectivity index (χ2v) is 24.8. The second kappa shape index (κ2) is 14.9. The zero-order chi connectivity index (χ0) is 30.0. The third-order valence-electron chi connectivity index (χ3n) is 5.56. The van der Waals surface area contributed by atoms with Crippen molar-refractivity contribution in [3.05, 3.63) is 89.5 Å². The number of carbonyl (C=O) groups is 2. The molecule has 0 N–H and O–H groups in total. The first kappa shape index (κ1) is 33.6. The SMILES string of the molecule is CCOC(=O)/C(=C/C=C(c1ccccc1)c1ccccc1)C(=O)OCC(C)C[Si](C)(O[Si](C)(C)C)O[Si](C)(C)C. The average Bonchev–Trinajstić information content (AvgIpc) is 2.84. The molecule has 0 spiro atoms. The molecule has 0 heterocycles. The van der Waals surface area contributed by atoms with Crippen molar-refractivity contribution in [2.24, 2.45) is 5.92 Å². The van der Waals surface area contributed by atoms with Gasteiger partial charge in [0.05, 0.1) is 13.2 Å². The Kier molecular flexibility index (Phi) is 12.5. The zero-order valence-corrected chi connectivity index (χ0v) is 28.6. The Morgan fingerprint density at radius 1 is 0.725 bits per heavy atom. The summed E-state index contributed by atoms with van der Waals surface area (Å²) in [7, 11) is -6.20. The van der Waals surface area contributed by atoms with Crippen LogP contribution in [-0.2, 0) is 27.3 Å². The molecule has 2 aromatic carbocycles. The van der Waals surface area contributed by atoms with Crippen LogP contribution in [0, 0.1) is 5.92 Å². The molecule has 40 heavy (non-hydrogen) atoms.